The quantitative estimate of drug-likeness (QED) is 0.788. The van der Waals surface area contributed by atoms with E-state index in [2.05, 4.69) is 5.32 Å². The standard InChI is InChI=1S/C14H19NO4/c1-3-5-12(14(17)18)15-13(16)11-7-4-6-10(8-11)9-19-2/h4,6-8,12H,3,5,9H2,1-2H3,(H,15,16)(H,17,18)/t12-/m0/s1. The third-order valence-electron chi connectivity index (χ3n) is 2.68. The van der Waals surface area contributed by atoms with Crippen LogP contribution in [0.25, 0.3) is 0 Å². The van der Waals surface area contributed by atoms with Crippen LogP contribution < -0.4 is 5.32 Å². The minimum Gasteiger partial charge on any atom is -0.480 e. The van der Waals surface area contributed by atoms with Crippen molar-refractivity contribution in [2.75, 3.05) is 7.11 Å². The van der Waals surface area contributed by atoms with Gasteiger partial charge >= 0.3 is 5.97 Å². The first-order chi connectivity index (χ1) is 9.08. The predicted molar refractivity (Wildman–Crippen MR) is 71.0 cm³/mol. The van der Waals surface area contributed by atoms with E-state index >= 15 is 0 Å². The maximum Gasteiger partial charge on any atom is 0.326 e. The summed E-state index contributed by atoms with van der Waals surface area (Å²) < 4.78 is 4.99. The number of aliphatic carboxylic acids is 1. The van der Waals surface area contributed by atoms with Gasteiger partial charge in [-0.3, -0.25) is 4.79 Å². The molecular formula is C14H19NO4. The highest BCUT2D eigenvalue weighted by molar-refractivity contribution is 5.96. The van der Waals surface area contributed by atoms with E-state index in [4.69, 9.17) is 9.84 Å². The number of hydrogen-bond donors (Lipinski definition) is 2. The van der Waals surface area contributed by atoms with Crippen molar-refractivity contribution in [1.29, 1.82) is 0 Å². The first-order valence-corrected chi connectivity index (χ1v) is 6.20. The lowest BCUT2D eigenvalue weighted by atomic mass is 10.1. The average Bonchev–Trinajstić information content (AvgIpc) is 2.38. The molecule has 0 saturated heterocycles. The Kier molecular flexibility index (Phi) is 6.02. The maximum absolute atomic E-state index is 12.0. The van der Waals surface area contributed by atoms with Crippen LogP contribution in [0.2, 0.25) is 0 Å². The molecule has 19 heavy (non-hydrogen) atoms. The number of carbonyl (C=O) groups is 2. The summed E-state index contributed by atoms with van der Waals surface area (Å²) in [7, 11) is 1.58. The summed E-state index contributed by atoms with van der Waals surface area (Å²) in [5, 5.41) is 11.5. The normalized spacial score (nSPS) is 11.9. The Hall–Kier alpha value is -1.88. The summed E-state index contributed by atoms with van der Waals surface area (Å²) in [4.78, 5) is 23.0. The number of nitrogens with one attached hydrogen (secondary N) is 1. The van der Waals surface area contributed by atoms with Gasteiger partial charge in [0.2, 0.25) is 0 Å². The van der Waals surface area contributed by atoms with Crippen molar-refractivity contribution in [2.24, 2.45) is 0 Å². The van der Waals surface area contributed by atoms with E-state index in [0.717, 1.165) is 5.56 Å². The van der Waals surface area contributed by atoms with Gasteiger partial charge < -0.3 is 15.2 Å². The van der Waals surface area contributed by atoms with Crippen molar-refractivity contribution in [3.8, 4) is 0 Å². The highest BCUT2D eigenvalue weighted by Crippen LogP contribution is 2.07. The van der Waals surface area contributed by atoms with Gasteiger partial charge in [0, 0.05) is 12.7 Å². The fourth-order valence-corrected chi connectivity index (χ4v) is 1.76. The second kappa shape index (κ2) is 7.53. The lowest BCUT2D eigenvalue weighted by Gasteiger charge is -2.13. The summed E-state index contributed by atoms with van der Waals surface area (Å²) in [5.74, 6) is -1.39. The van der Waals surface area contributed by atoms with E-state index < -0.39 is 12.0 Å². The first kappa shape index (κ1) is 15.2. The predicted octanol–water partition coefficient (Wildman–Crippen LogP) is 1.82. The minimum absolute atomic E-state index is 0.376. The Morgan fingerprint density at radius 1 is 1.42 bits per heavy atom. The monoisotopic (exact) mass is 265 g/mol. The van der Waals surface area contributed by atoms with Crippen LogP contribution in [0.1, 0.15) is 35.7 Å². The third kappa shape index (κ3) is 4.71. The number of benzene rings is 1. The van der Waals surface area contributed by atoms with Gasteiger partial charge in [0.05, 0.1) is 6.61 Å². The molecule has 5 nitrogen and oxygen atoms in total. The number of carboxylic acid groups (broad SMARTS) is 1. The number of amides is 1. The Bertz CT molecular complexity index is 445. The fraction of sp³-hybridized carbons (Fsp3) is 0.429. The van der Waals surface area contributed by atoms with Crippen LogP contribution in [0.5, 0.6) is 0 Å². The van der Waals surface area contributed by atoms with Gasteiger partial charge in [0.15, 0.2) is 0 Å². The summed E-state index contributed by atoms with van der Waals surface area (Å²) in [6, 6.07) is 6.10. The van der Waals surface area contributed by atoms with Gasteiger partial charge in [-0.15, -0.1) is 0 Å². The average molecular weight is 265 g/mol. The second-order valence-corrected chi connectivity index (χ2v) is 4.29. The van der Waals surface area contributed by atoms with Gasteiger partial charge in [0.1, 0.15) is 6.04 Å². The van der Waals surface area contributed by atoms with E-state index in [1.807, 2.05) is 13.0 Å². The number of carboxylic acids is 1. The first-order valence-electron chi connectivity index (χ1n) is 6.20. The second-order valence-electron chi connectivity index (χ2n) is 4.29. The van der Waals surface area contributed by atoms with Crippen LogP contribution in [0.15, 0.2) is 24.3 Å². The molecule has 0 heterocycles. The zero-order valence-electron chi connectivity index (χ0n) is 11.2. The molecule has 1 atom stereocenters. The molecule has 0 spiro atoms. The summed E-state index contributed by atoms with van der Waals surface area (Å²) >= 11 is 0. The Labute approximate surface area is 112 Å². The van der Waals surface area contributed by atoms with Crippen molar-refractivity contribution in [1.82, 2.24) is 5.32 Å². The molecule has 0 aliphatic rings. The van der Waals surface area contributed by atoms with Crippen LogP contribution in [0, 0.1) is 0 Å². The van der Waals surface area contributed by atoms with Crippen molar-refractivity contribution in [3.63, 3.8) is 0 Å². The molecule has 2 N–H and O–H groups in total. The molecule has 0 aliphatic carbocycles. The van der Waals surface area contributed by atoms with Gasteiger partial charge in [0.25, 0.3) is 5.91 Å². The molecule has 1 amide bonds. The number of carbonyl (C=O) groups excluding carboxylic acids is 1. The lowest BCUT2D eigenvalue weighted by molar-refractivity contribution is -0.139. The number of ether oxygens (including phenoxy) is 1. The highest BCUT2D eigenvalue weighted by Gasteiger charge is 2.19. The maximum atomic E-state index is 12.0. The highest BCUT2D eigenvalue weighted by atomic mass is 16.5. The van der Waals surface area contributed by atoms with Crippen molar-refractivity contribution in [2.45, 2.75) is 32.4 Å². The Morgan fingerprint density at radius 2 is 2.16 bits per heavy atom. The SMILES string of the molecule is CCC[C@H](NC(=O)c1cccc(COC)c1)C(=O)O. The molecule has 0 fully saturated rings. The molecule has 0 aliphatic heterocycles. The van der Waals surface area contributed by atoms with Crippen LogP contribution in [-0.2, 0) is 16.1 Å². The van der Waals surface area contributed by atoms with E-state index in [-0.39, 0.29) is 5.91 Å². The molecule has 104 valence electrons. The molecule has 0 aromatic heterocycles. The lowest BCUT2D eigenvalue weighted by Crippen LogP contribution is -2.40. The van der Waals surface area contributed by atoms with Crippen LogP contribution in [0.3, 0.4) is 0 Å². The van der Waals surface area contributed by atoms with Crippen LogP contribution in [0.4, 0.5) is 0 Å². The molecule has 5 heteroatoms. The van der Waals surface area contributed by atoms with Crippen LogP contribution >= 0.6 is 0 Å². The number of hydrogen-bond acceptors (Lipinski definition) is 3. The number of methoxy groups -OCH3 is 1. The fourth-order valence-electron chi connectivity index (χ4n) is 1.76. The zero-order valence-corrected chi connectivity index (χ0v) is 11.2. The largest absolute Gasteiger partial charge is 0.480 e. The van der Waals surface area contributed by atoms with E-state index in [9.17, 15) is 9.59 Å². The topological polar surface area (TPSA) is 75.6 Å². The van der Waals surface area contributed by atoms with E-state index in [1.54, 1.807) is 25.3 Å². The van der Waals surface area contributed by atoms with Crippen molar-refractivity contribution >= 4 is 11.9 Å². The molecule has 0 bridgehead atoms. The molecule has 1 rings (SSSR count). The van der Waals surface area contributed by atoms with E-state index in [0.29, 0.717) is 25.0 Å². The Morgan fingerprint density at radius 3 is 2.74 bits per heavy atom. The Balaban J connectivity index is 2.76. The molecule has 0 saturated carbocycles. The van der Waals surface area contributed by atoms with Gasteiger partial charge in [-0.2, -0.15) is 0 Å². The molecule has 1 aromatic rings. The zero-order chi connectivity index (χ0) is 14.3. The molecule has 0 radical (unpaired) electrons. The third-order valence-corrected chi connectivity index (χ3v) is 2.68. The van der Waals surface area contributed by atoms with E-state index in [1.165, 1.54) is 0 Å². The van der Waals surface area contributed by atoms with Gasteiger partial charge in [-0.05, 0) is 24.1 Å². The van der Waals surface area contributed by atoms with Gasteiger partial charge in [-0.1, -0.05) is 25.5 Å². The molecule has 1 aromatic carbocycles. The summed E-state index contributed by atoms with van der Waals surface area (Å²) in [6.07, 6.45) is 1.11. The number of rotatable bonds is 7. The summed E-state index contributed by atoms with van der Waals surface area (Å²) in [5.41, 5.74) is 1.31. The molecule has 0 unspecified atom stereocenters. The molecular weight excluding hydrogens is 246 g/mol. The van der Waals surface area contributed by atoms with Crippen LogP contribution in [-0.4, -0.2) is 30.1 Å². The van der Waals surface area contributed by atoms with Crippen molar-refractivity contribution < 1.29 is 19.4 Å². The summed E-state index contributed by atoms with van der Waals surface area (Å²) in [6.45, 7) is 2.29. The van der Waals surface area contributed by atoms with Gasteiger partial charge in [-0.25, -0.2) is 4.79 Å². The van der Waals surface area contributed by atoms with Crippen molar-refractivity contribution in [3.05, 3.63) is 35.4 Å². The smallest absolute Gasteiger partial charge is 0.326 e. The minimum atomic E-state index is -1.01.